The van der Waals surface area contributed by atoms with E-state index in [1.165, 1.54) is 0 Å². The summed E-state index contributed by atoms with van der Waals surface area (Å²) in [7, 11) is 1.62. The molecule has 9 nitrogen and oxygen atoms in total. The lowest BCUT2D eigenvalue weighted by molar-refractivity contribution is 0.396. The van der Waals surface area contributed by atoms with Crippen LogP contribution in [0, 0.1) is 0 Å². The van der Waals surface area contributed by atoms with E-state index in [4.69, 9.17) is 4.74 Å². The number of ether oxygens (including phenoxy) is 1. The number of aromatic nitrogens is 7. The molecule has 27 heavy (non-hydrogen) atoms. The Bertz CT molecular complexity index is 867. The van der Waals surface area contributed by atoms with Crippen molar-refractivity contribution in [2.45, 2.75) is 38.8 Å². The van der Waals surface area contributed by atoms with Crippen LogP contribution in [-0.4, -0.2) is 54.5 Å². The van der Waals surface area contributed by atoms with Gasteiger partial charge in [-0.05, 0) is 19.8 Å². The average molecular weight is 368 g/mol. The van der Waals surface area contributed by atoms with E-state index in [0.717, 1.165) is 49.9 Å². The number of hydrogen-bond donors (Lipinski definition) is 0. The maximum Gasteiger partial charge on any atom is 0.218 e. The number of piperidine rings is 1. The monoisotopic (exact) mass is 368 g/mol. The molecule has 0 N–H and O–H groups in total. The number of methoxy groups -OCH3 is 1. The Hall–Kier alpha value is -2.97. The van der Waals surface area contributed by atoms with Gasteiger partial charge in [0.1, 0.15) is 18.0 Å². The van der Waals surface area contributed by atoms with Crippen molar-refractivity contribution in [3.8, 4) is 5.88 Å². The molecule has 4 heterocycles. The fourth-order valence-corrected chi connectivity index (χ4v) is 3.64. The summed E-state index contributed by atoms with van der Waals surface area (Å²) in [5.74, 6) is 3.99. The first-order valence-corrected chi connectivity index (χ1v) is 9.27. The highest BCUT2D eigenvalue weighted by Gasteiger charge is 2.26. The highest BCUT2D eigenvalue weighted by molar-refractivity contribution is 5.41. The topological polar surface area (TPSA) is 86.8 Å². The summed E-state index contributed by atoms with van der Waals surface area (Å²) in [5, 5.41) is 8.98. The molecule has 0 spiro atoms. The molecule has 0 amide bonds. The first kappa shape index (κ1) is 17.4. The van der Waals surface area contributed by atoms with E-state index in [0.29, 0.717) is 18.3 Å². The molecular weight excluding hydrogens is 344 g/mol. The van der Waals surface area contributed by atoms with E-state index in [9.17, 15) is 0 Å². The normalized spacial score (nSPS) is 15.3. The molecule has 0 radical (unpaired) electrons. The summed E-state index contributed by atoms with van der Waals surface area (Å²) >= 11 is 0. The average Bonchev–Trinajstić information content (AvgIpc) is 3.38. The van der Waals surface area contributed by atoms with Crippen LogP contribution in [0.2, 0.25) is 0 Å². The van der Waals surface area contributed by atoms with E-state index in [1.807, 2.05) is 23.2 Å². The number of nitrogens with zero attached hydrogens (tertiary/aromatic N) is 8. The standard InChI is InChI=1S/C18H24N8O/c1-3-26-16(11-24-9-6-19-13-24)22-23-18(26)14-4-7-25(8-5-14)15-10-17(27-2)21-12-20-15/h6,9-10,12-14H,3-5,7-8,11H2,1-2H3. The Labute approximate surface area is 158 Å². The number of imidazole rings is 1. The maximum absolute atomic E-state index is 5.21. The minimum atomic E-state index is 0.411. The zero-order valence-corrected chi connectivity index (χ0v) is 15.7. The first-order valence-electron chi connectivity index (χ1n) is 9.27. The molecule has 3 aromatic rings. The van der Waals surface area contributed by atoms with Gasteiger partial charge in [0.2, 0.25) is 5.88 Å². The van der Waals surface area contributed by atoms with Crippen LogP contribution < -0.4 is 9.64 Å². The van der Waals surface area contributed by atoms with Crippen molar-refractivity contribution in [1.82, 2.24) is 34.3 Å². The van der Waals surface area contributed by atoms with E-state index >= 15 is 0 Å². The van der Waals surface area contributed by atoms with Gasteiger partial charge in [-0.3, -0.25) is 0 Å². The van der Waals surface area contributed by atoms with Crippen LogP contribution in [0.4, 0.5) is 5.82 Å². The summed E-state index contributed by atoms with van der Waals surface area (Å²) in [6, 6.07) is 1.89. The van der Waals surface area contributed by atoms with E-state index in [1.54, 1.807) is 19.6 Å². The lowest BCUT2D eigenvalue weighted by atomic mass is 9.96. The molecule has 1 saturated heterocycles. The Kier molecular flexibility index (Phi) is 4.99. The third-order valence-electron chi connectivity index (χ3n) is 5.08. The third kappa shape index (κ3) is 3.62. The van der Waals surface area contributed by atoms with Gasteiger partial charge in [-0.2, -0.15) is 0 Å². The SMILES string of the molecule is CCn1c(Cn2ccnc2)nnc1C1CCN(c2cc(OC)ncn2)CC1. The third-order valence-corrected chi connectivity index (χ3v) is 5.08. The van der Waals surface area contributed by atoms with Crippen molar-refractivity contribution in [2.75, 3.05) is 25.1 Å². The summed E-state index contributed by atoms with van der Waals surface area (Å²) in [6.07, 6.45) is 9.14. The minimum Gasteiger partial charge on any atom is -0.481 e. The summed E-state index contributed by atoms with van der Waals surface area (Å²) in [6.45, 7) is 5.57. The number of anilines is 1. The van der Waals surface area contributed by atoms with Crippen molar-refractivity contribution >= 4 is 5.82 Å². The van der Waals surface area contributed by atoms with Gasteiger partial charge in [0, 0.05) is 44.0 Å². The van der Waals surface area contributed by atoms with Crippen LogP contribution in [0.1, 0.15) is 37.3 Å². The molecular formula is C18H24N8O. The van der Waals surface area contributed by atoms with E-state index < -0.39 is 0 Å². The Morgan fingerprint density at radius 3 is 2.74 bits per heavy atom. The van der Waals surface area contributed by atoms with Crippen LogP contribution in [0.15, 0.2) is 31.1 Å². The zero-order chi connectivity index (χ0) is 18.6. The second kappa shape index (κ2) is 7.73. The van der Waals surface area contributed by atoms with Gasteiger partial charge in [-0.1, -0.05) is 0 Å². The van der Waals surface area contributed by atoms with Crippen molar-refractivity contribution in [3.05, 3.63) is 42.8 Å². The van der Waals surface area contributed by atoms with Gasteiger partial charge in [-0.25, -0.2) is 15.0 Å². The van der Waals surface area contributed by atoms with Gasteiger partial charge in [0.25, 0.3) is 0 Å². The van der Waals surface area contributed by atoms with Gasteiger partial charge in [-0.15, -0.1) is 10.2 Å². The molecule has 9 heteroatoms. The predicted molar refractivity (Wildman–Crippen MR) is 99.8 cm³/mol. The van der Waals surface area contributed by atoms with Gasteiger partial charge >= 0.3 is 0 Å². The number of hydrogen-bond acceptors (Lipinski definition) is 7. The smallest absolute Gasteiger partial charge is 0.218 e. The zero-order valence-electron chi connectivity index (χ0n) is 15.7. The molecule has 1 fully saturated rings. The molecule has 0 saturated carbocycles. The quantitative estimate of drug-likeness (QED) is 0.655. The van der Waals surface area contributed by atoms with Crippen molar-refractivity contribution in [3.63, 3.8) is 0 Å². The van der Waals surface area contributed by atoms with Gasteiger partial charge in [0.05, 0.1) is 20.0 Å². The van der Waals surface area contributed by atoms with Crippen molar-refractivity contribution < 1.29 is 4.74 Å². The lowest BCUT2D eigenvalue weighted by Crippen LogP contribution is -2.34. The predicted octanol–water partition coefficient (Wildman–Crippen LogP) is 1.73. The second-order valence-electron chi connectivity index (χ2n) is 6.63. The molecule has 142 valence electrons. The summed E-state index contributed by atoms with van der Waals surface area (Å²) in [5.41, 5.74) is 0. The van der Waals surface area contributed by atoms with Crippen LogP contribution >= 0.6 is 0 Å². The lowest BCUT2D eigenvalue weighted by Gasteiger charge is -2.32. The van der Waals surface area contributed by atoms with Crippen LogP contribution in [0.3, 0.4) is 0 Å². The second-order valence-corrected chi connectivity index (χ2v) is 6.63. The first-order chi connectivity index (χ1) is 13.3. The van der Waals surface area contributed by atoms with Crippen molar-refractivity contribution in [2.24, 2.45) is 0 Å². The molecule has 0 unspecified atom stereocenters. The highest BCUT2D eigenvalue weighted by atomic mass is 16.5. The molecule has 0 aromatic carbocycles. The molecule has 1 aliphatic heterocycles. The maximum atomic E-state index is 5.21. The fourth-order valence-electron chi connectivity index (χ4n) is 3.64. The molecule has 0 aliphatic carbocycles. The Morgan fingerprint density at radius 2 is 2.04 bits per heavy atom. The van der Waals surface area contributed by atoms with Crippen LogP contribution in [0.25, 0.3) is 0 Å². The fraction of sp³-hybridized carbons (Fsp3) is 0.500. The largest absolute Gasteiger partial charge is 0.481 e. The minimum absolute atomic E-state index is 0.411. The molecule has 0 bridgehead atoms. The van der Waals surface area contributed by atoms with Crippen molar-refractivity contribution in [1.29, 1.82) is 0 Å². The number of rotatable bonds is 6. The molecule has 1 aliphatic rings. The molecule has 3 aromatic heterocycles. The summed E-state index contributed by atoms with van der Waals surface area (Å²) in [4.78, 5) is 14.8. The van der Waals surface area contributed by atoms with Crippen LogP contribution in [-0.2, 0) is 13.1 Å². The Morgan fingerprint density at radius 1 is 1.19 bits per heavy atom. The van der Waals surface area contributed by atoms with Crippen LogP contribution in [0.5, 0.6) is 5.88 Å². The molecule has 4 rings (SSSR count). The Balaban J connectivity index is 1.45. The van der Waals surface area contributed by atoms with E-state index in [-0.39, 0.29) is 0 Å². The summed E-state index contributed by atoms with van der Waals surface area (Å²) < 4.78 is 9.47. The van der Waals surface area contributed by atoms with Gasteiger partial charge in [0.15, 0.2) is 5.82 Å². The van der Waals surface area contributed by atoms with Gasteiger partial charge < -0.3 is 18.8 Å². The van der Waals surface area contributed by atoms with E-state index in [2.05, 4.69) is 41.5 Å². The highest BCUT2D eigenvalue weighted by Crippen LogP contribution is 2.30. The molecule has 0 atom stereocenters.